The number of halogens is 1. The van der Waals surface area contributed by atoms with Crippen molar-refractivity contribution in [2.45, 2.75) is 26.3 Å². The molecule has 0 radical (unpaired) electrons. The Morgan fingerprint density at radius 3 is 2.91 bits per heavy atom. The van der Waals surface area contributed by atoms with Crippen LogP contribution in [0.25, 0.3) is 0 Å². The van der Waals surface area contributed by atoms with E-state index in [0.717, 1.165) is 19.4 Å². The highest BCUT2D eigenvalue weighted by molar-refractivity contribution is 9.10. The van der Waals surface area contributed by atoms with Crippen molar-refractivity contribution in [2.24, 2.45) is 0 Å². The number of hydrogen-bond acceptors (Lipinski definition) is 2. The summed E-state index contributed by atoms with van der Waals surface area (Å²) in [5, 5.41) is 10.8. The van der Waals surface area contributed by atoms with Crippen molar-refractivity contribution >= 4 is 15.9 Å². The summed E-state index contributed by atoms with van der Waals surface area (Å²) in [6, 6.07) is 0. The number of rotatable bonds is 3. The highest BCUT2D eigenvalue weighted by atomic mass is 79.9. The molecule has 4 nitrogen and oxygen atoms in total. The number of unbranched alkanes of at least 4 members (excludes halogenated alkanes) is 1. The predicted octanol–water partition coefficient (Wildman–Crippen LogP) is 0.566. The minimum atomic E-state index is 0.0844. The minimum Gasteiger partial charge on any atom is -0.486 e. The first-order chi connectivity index (χ1) is 5.25. The molecule has 1 aromatic rings. The molecule has 1 N–H and O–H groups in total. The average molecular weight is 220 g/mol. The van der Waals surface area contributed by atoms with Gasteiger partial charge in [0.15, 0.2) is 0 Å². The van der Waals surface area contributed by atoms with Crippen LogP contribution in [-0.4, -0.2) is 0 Å². The van der Waals surface area contributed by atoms with Crippen LogP contribution in [0.1, 0.15) is 19.8 Å². The van der Waals surface area contributed by atoms with Crippen LogP contribution in [0.4, 0.5) is 0 Å². The normalized spacial score (nSPS) is 10.4. The lowest BCUT2D eigenvalue weighted by Crippen LogP contribution is -2.39. The average Bonchev–Trinajstić information content (AvgIpc) is 2.31. The Morgan fingerprint density at radius 2 is 2.45 bits per heavy atom. The zero-order valence-electron chi connectivity index (χ0n) is 6.30. The first-order valence-electron chi connectivity index (χ1n) is 3.52. The fourth-order valence-corrected chi connectivity index (χ4v) is 1.04. The van der Waals surface area contributed by atoms with Gasteiger partial charge < -0.3 is 4.52 Å². The first-order valence-corrected chi connectivity index (χ1v) is 4.32. The quantitative estimate of drug-likeness (QED) is 0.757. The zero-order chi connectivity index (χ0) is 8.27. The third-order valence-electron chi connectivity index (χ3n) is 1.37. The van der Waals surface area contributed by atoms with Crippen molar-refractivity contribution in [2.75, 3.05) is 0 Å². The minimum absolute atomic E-state index is 0.0844. The smallest absolute Gasteiger partial charge is 0.301 e. The van der Waals surface area contributed by atoms with Gasteiger partial charge in [-0.2, -0.15) is 0 Å². The summed E-state index contributed by atoms with van der Waals surface area (Å²) in [6.07, 6.45) is 2.16. The molecule has 0 bridgehead atoms. The summed E-state index contributed by atoms with van der Waals surface area (Å²) in [5.74, 6) is 0. The Kier molecular flexibility index (Phi) is 2.87. The van der Waals surface area contributed by atoms with Crippen molar-refractivity contribution in [1.29, 1.82) is 5.41 Å². The summed E-state index contributed by atoms with van der Waals surface area (Å²) in [6.45, 7) is 2.91. The van der Waals surface area contributed by atoms with Gasteiger partial charge in [-0.3, -0.25) is 10.7 Å². The topological polar surface area (TPSA) is 55.0 Å². The van der Waals surface area contributed by atoms with E-state index in [4.69, 9.17) is 5.41 Å². The van der Waals surface area contributed by atoms with Crippen LogP contribution >= 0.6 is 15.9 Å². The third kappa shape index (κ3) is 1.92. The number of hydrogen-bond donors (Lipinski definition) is 1. The van der Waals surface area contributed by atoms with Crippen molar-refractivity contribution in [3.05, 3.63) is 10.2 Å². The molecule has 1 aromatic heterocycles. The molecule has 11 heavy (non-hydrogen) atoms. The second-order valence-electron chi connectivity index (χ2n) is 2.27. The van der Waals surface area contributed by atoms with Crippen LogP contribution in [0.5, 0.6) is 0 Å². The molecular weight excluding hydrogens is 210 g/mol. The molecule has 0 amide bonds. The Morgan fingerprint density at radius 1 is 1.73 bits per heavy atom. The lowest BCUT2D eigenvalue weighted by atomic mass is 10.3. The van der Waals surface area contributed by atoms with Crippen LogP contribution < -0.4 is 15.5 Å². The second-order valence-corrected chi connectivity index (χ2v) is 3.02. The van der Waals surface area contributed by atoms with Gasteiger partial charge in [-0.05, 0) is 0 Å². The van der Waals surface area contributed by atoms with Gasteiger partial charge in [-0.1, -0.05) is 13.3 Å². The maximum absolute atomic E-state index is 7.18. The second kappa shape index (κ2) is 3.71. The Hall–Kier alpha value is -0.580. The van der Waals surface area contributed by atoms with E-state index >= 15 is 0 Å². The molecule has 0 aromatic carbocycles. The lowest BCUT2D eigenvalue weighted by Gasteiger charge is -1.95. The van der Waals surface area contributed by atoms with Gasteiger partial charge in [0.05, 0.1) is 0 Å². The van der Waals surface area contributed by atoms with Crippen LogP contribution in [0, 0.1) is 5.41 Å². The fourth-order valence-electron chi connectivity index (χ4n) is 0.728. The van der Waals surface area contributed by atoms with E-state index in [9.17, 15) is 0 Å². The predicted molar refractivity (Wildman–Crippen MR) is 40.7 cm³/mol. The standard InChI is InChI=1S/C6H10BrN3O/c1-2-3-4-10-5(7)6(8)11-9-10/h8H,2-4H2,1H3. The molecule has 0 aliphatic rings. The molecule has 0 saturated heterocycles. The summed E-state index contributed by atoms with van der Waals surface area (Å²) >= 11 is 3.20. The molecule has 0 aliphatic heterocycles. The molecule has 5 heteroatoms. The van der Waals surface area contributed by atoms with Gasteiger partial charge in [0.2, 0.25) is 0 Å². The fraction of sp³-hybridized carbons (Fsp3) is 0.667. The van der Waals surface area contributed by atoms with E-state index in [1.165, 1.54) is 0 Å². The van der Waals surface area contributed by atoms with E-state index in [1.807, 2.05) is 0 Å². The zero-order valence-corrected chi connectivity index (χ0v) is 7.89. The van der Waals surface area contributed by atoms with Crippen LogP contribution in [0.15, 0.2) is 9.13 Å². The van der Waals surface area contributed by atoms with E-state index in [0.29, 0.717) is 4.60 Å². The maximum Gasteiger partial charge on any atom is 0.301 e. The van der Waals surface area contributed by atoms with Crippen LogP contribution in [-0.2, 0) is 6.54 Å². The molecule has 1 heterocycles. The van der Waals surface area contributed by atoms with Gasteiger partial charge in [0, 0.05) is 22.4 Å². The lowest BCUT2D eigenvalue weighted by molar-refractivity contribution is -0.777. The monoisotopic (exact) mass is 219 g/mol. The highest BCUT2D eigenvalue weighted by Crippen LogP contribution is 1.93. The number of aryl methyl sites for hydroxylation is 1. The summed E-state index contributed by atoms with van der Waals surface area (Å²) in [7, 11) is 0. The Bertz CT molecular complexity index is 278. The molecule has 62 valence electrons. The molecule has 1 rings (SSSR count). The van der Waals surface area contributed by atoms with Gasteiger partial charge in [0.1, 0.15) is 6.54 Å². The van der Waals surface area contributed by atoms with E-state index in [-0.39, 0.29) is 5.55 Å². The molecular formula is C6H10BrN3O. The largest absolute Gasteiger partial charge is 0.486 e. The number of aromatic nitrogens is 2. The van der Waals surface area contributed by atoms with Crippen molar-refractivity contribution in [1.82, 2.24) is 5.27 Å². The molecule has 0 unspecified atom stereocenters. The Balaban J connectivity index is 2.71. The van der Waals surface area contributed by atoms with Gasteiger partial charge >= 0.3 is 4.60 Å². The van der Waals surface area contributed by atoms with Crippen molar-refractivity contribution < 1.29 is 9.20 Å². The highest BCUT2D eigenvalue weighted by Gasteiger charge is 2.05. The maximum atomic E-state index is 7.18. The molecule has 0 saturated carbocycles. The number of nitrogens with one attached hydrogen (secondary N) is 1. The van der Waals surface area contributed by atoms with E-state index < -0.39 is 0 Å². The van der Waals surface area contributed by atoms with E-state index in [2.05, 4.69) is 32.6 Å². The van der Waals surface area contributed by atoms with Gasteiger partial charge in [-0.25, -0.2) is 4.68 Å². The van der Waals surface area contributed by atoms with Crippen LogP contribution in [0.2, 0.25) is 0 Å². The van der Waals surface area contributed by atoms with Crippen molar-refractivity contribution in [3.63, 3.8) is 0 Å². The van der Waals surface area contributed by atoms with Gasteiger partial charge in [-0.15, -0.1) is 0 Å². The molecule has 0 fully saturated rings. The number of nitrogens with zero attached hydrogens (tertiary/aromatic N) is 2. The molecule has 0 spiro atoms. The van der Waals surface area contributed by atoms with Gasteiger partial charge in [0.25, 0.3) is 5.55 Å². The summed E-state index contributed by atoms with van der Waals surface area (Å²) < 4.78 is 6.89. The first kappa shape index (κ1) is 8.52. The van der Waals surface area contributed by atoms with Crippen LogP contribution in [0.3, 0.4) is 0 Å². The summed E-state index contributed by atoms with van der Waals surface area (Å²) in [4.78, 5) is 0. The van der Waals surface area contributed by atoms with E-state index in [1.54, 1.807) is 4.68 Å². The summed E-state index contributed by atoms with van der Waals surface area (Å²) in [5.41, 5.74) is 0.0844. The third-order valence-corrected chi connectivity index (χ3v) is 2.14. The molecule has 0 atom stereocenters. The van der Waals surface area contributed by atoms with Crippen molar-refractivity contribution in [3.8, 4) is 0 Å². The Labute approximate surface area is 72.8 Å². The molecule has 0 aliphatic carbocycles. The SMILES string of the molecule is CCCC[n+]1[n-]oc(=N)c1Br.